The SMILES string of the molecule is CN1CCN(c2ccc(-c3ccc4nc(N)nc(N(Br)c5ccccc5)c4c3)cn2)CC1. The number of hydrogen-bond acceptors (Lipinski definition) is 7. The van der Waals surface area contributed by atoms with Gasteiger partial charge in [0, 0.05) is 43.3 Å². The fourth-order valence-electron chi connectivity index (χ4n) is 3.92. The van der Waals surface area contributed by atoms with Crippen LogP contribution in [0.15, 0.2) is 66.9 Å². The Morgan fingerprint density at radius 2 is 1.66 bits per heavy atom. The fraction of sp³-hybridized carbons (Fsp3) is 0.208. The molecular weight excluding hydrogens is 466 g/mol. The molecule has 1 aliphatic rings. The van der Waals surface area contributed by atoms with Crippen molar-refractivity contribution in [2.75, 3.05) is 47.8 Å². The maximum atomic E-state index is 6.00. The van der Waals surface area contributed by atoms with Gasteiger partial charge in [0.05, 0.1) is 27.4 Å². The Hall–Kier alpha value is -3.23. The van der Waals surface area contributed by atoms with Crippen LogP contribution >= 0.6 is 16.1 Å². The number of piperazine rings is 1. The Morgan fingerprint density at radius 3 is 2.38 bits per heavy atom. The molecule has 32 heavy (non-hydrogen) atoms. The third kappa shape index (κ3) is 4.11. The minimum atomic E-state index is 0.235. The van der Waals surface area contributed by atoms with E-state index in [0.29, 0.717) is 5.82 Å². The quantitative estimate of drug-likeness (QED) is 0.423. The summed E-state index contributed by atoms with van der Waals surface area (Å²) in [4.78, 5) is 18.4. The van der Waals surface area contributed by atoms with Crippen LogP contribution in [0.25, 0.3) is 22.0 Å². The predicted molar refractivity (Wildman–Crippen MR) is 134 cm³/mol. The van der Waals surface area contributed by atoms with Crippen molar-refractivity contribution in [3.8, 4) is 11.1 Å². The lowest BCUT2D eigenvalue weighted by Gasteiger charge is -2.33. The van der Waals surface area contributed by atoms with E-state index in [1.165, 1.54) is 0 Å². The van der Waals surface area contributed by atoms with Crippen LogP contribution in [0.4, 0.5) is 23.3 Å². The molecule has 0 radical (unpaired) electrons. The highest BCUT2D eigenvalue weighted by molar-refractivity contribution is 9.10. The Morgan fingerprint density at radius 1 is 0.906 bits per heavy atom. The zero-order valence-corrected chi connectivity index (χ0v) is 19.4. The molecule has 2 N–H and O–H groups in total. The summed E-state index contributed by atoms with van der Waals surface area (Å²) in [6.45, 7) is 4.12. The van der Waals surface area contributed by atoms with Gasteiger partial charge in [0.2, 0.25) is 5.95 Å². The monoisotopic (exact) mass is 489 g/mol. The van der Waals surface area contributed by atoms with Crippen LogP contribution in [0.1, 0.15) is 0 Å². The average Bonchev–Trinajstić information content (AvgIpc) is 2.84. The summed E-state index contributed by atoms with van der Waals surface area (Å²) in [5, 5.41) is 0.903. The van der Waals surface area contributed by atoms with Crippen LogP contribution < -0.4 is 14.6 Å². The van der Waals surface area contributed by atoms with Gasteiger partial charge in [-0.15, -0.1) is 0 Å². The van der Waals surface area contributed by atoms with Gasteiger partial charge in [-0.2, -0.15) is 4.98 Å². The lowest BCUT2D eigenvalue weighted by molar-refractivity contribution is 0.312. The van der Waals surface area contributed by atoms with Crippen molar-refractivity contribution < 1.29 is 0 Å². The molecule has 0 spiro atoms. The van der Waals surface area contributed by atoms with Crippen molar-refractivity contribution in [1.29, 1.82) is 0 Å². The average molecular weight is 490 g/mol. The molecule has 0 aliphatic carbocycles. The molecule has 0 bridgehead atoms. The number of hydrogen-bond donors (Lipinski definition) is 1. The van der Waals surface area contributed by atoms with Crippen LogP contribution in [0, 0.1) is 0 Å². The molecule has 0 amide bonds. The van der Waals surface area contributed by atoms with Crippen molar-refractivity contribution in [3.63, 3.8) is 0 Å². The smallest absolute Gasteiger partial charge is 0.222 e. The number of halogens is 1. The fourth-order valence-corrected chi connectivity index (χ4v) is 4.43. The third-order valence-electron chi connectivity index (χ3n) is 5.77. The number of para-hydroxylation sites is 1. The molecule has 0 saturated carbocycles. The van der Waals surface area contributed by atoms with E-state index in [1.54, 1.807) is 0 Å². The van der Waals surface area contributed by atoms with E-state index in [9.17, 15) is 0 Å². The van der Waals surface area contributed by atoms with Gasteiger partial charge in [-0.05, 0) is 49.0 Å². The maximum absolute atomic E-state index is 6.00. The van der Waals surface area contributed by atoms with Gasteiger partial charge in [0.1, 0.15) is 5.82 Å². The van der Waals surface area contributed by atoms with E-state index in [2.05, 4.69) is 61.2 Å². The molecule has 0 atom stereocenters. The standard InChI is InChI=1S/C24H24BrN7/c1-30-11-13-31(14-12-30)22-10-8-18(16-27-22)17-7-9-21-20(15-17)23(29-24(26)28-21)32(25)19-5-3-2-4-6-19/h2-10,15-16H,11-14H2,1H3,(H2,26,28,29). The van der Waals surface area contributed by atoms with Crippen LogP contribution in [-0.2, 0) is 0 Å². The normalized spacial score (nSPS) is 14.6. The van der Waals surface area contributed by atoms with Crippen molar-refractivity contribution in [2.45, 2.75) is 0 Å². The molecule has 8 heteroatoms. The molecule has 5 rings (SSSR count). The first-order valence-corrected chi connectivity index (χ1v) is 11.3. The Labute approximate surface area is 195 Å². The van der Waals surface area contributed by atoms with Crippen LogP contribution in [0.5, 0.6) is 0 Å². The Bertz CT molecular complexity index is 1220. The summed E-state index contributed by atoms with van der Waals surface area (Å²) in [5.74, 6) is 1.96. The van der Waals surface area contributed by atoms with Crippen LogP contribution in [-0.4, -0.2) is 53.1 Å². The highest BCUT2D eigenvalue weighted by atomic mass is 79.9. The van der Waals surface area contributed by atoms with E-state index < -0.39 is 0 Å². The number of fused-ring (bicyclic) bond motifs is 1. The molecule has 2 aromatic heterocycles. The highest BCUT2D eigenvalue weighted by Crippen LogP contribution is 2.35. The zero-order chi connectivity index (χ0) is 22.1. The predicted octanol–water partition coefficient (Wildman–Crippen LogP) is 4.47. The number of aromatic nitrogens is 3. The summed E-state index contributed by atoms with van der Waals surface area (Å²) in [6, 6.07) is 20.3. The van der Waals surface area contributed by atoms with Crippen molar-refractivity contribution in [1.82, 2.24) is 19.9 Å². The first-order valence-electron chi connectivity index (χ1n) is 10.6. The van der Waals surface area contributed by atoms with Crippen LogP contribution in [0.3, 0.4) is 0 Å². The number of likely N-dealkylation sites (N-methyl/N-ethyl adjacent to an activating group) is 1. The van der Waals surface area contributed by atoms with Gasteiger partial charge in [-0.1, -0.05) is 24.3 Å². The summed E-state index contributed by atoms with van der Waals surface area (Å²) < 4.78 is 1.85. The summed E-state index contributed by atoms with van der Waals surface area (Å²) in [6.07, 6.45) is 1.94. The molecule has 162 valence electrons. The van der Waals surface area contributed by atoms with E-state index >= 15 is 0 Å². The molecule has 7 nitrogen and oxygen atoms in total. The summed E-state index contributed by atoms with van der Waals surface area (Å²) in [7, 11) is 2.16. The van der Waals surface area contributed by atoms with Crippen molar-refractivity contribution in [2.24, 2.45) is 0 Å². The molecule has 4 aromatic rings. The second-order valence-electron chi connectivity index (χ2n) is 7.95. The molecule has 0 unspecified atom stereocenters. The molecule has 1 fully saturated rings. The largest absolute Gasteiger partial charge is 0.368 e. The van der Waals surface area contributed by atoms with Gasteiger partial charge in [0.25, 0.3) is 0 Å². The van der Waals surface area contributed by atoms with Crippen molar-refractivity contribution >= 4 is 50.3 Å². The molecular formula is C24H24BrN7. The lowest BCUT2D eigenvalue weighted by atomic mass is 10.0. The number of benzene rings is 2. The van der Waals surface area contributed by atoms with Gasteiger partial charge in [-0.25, -0.2) is 9.97 Å². The van der Waals surface area contributed by atoms with Gasteiger partial charge in [0.15, 0.2) is 5.82 Å². The minimum absolute atomic E-state index is 0.235. The number of nitrogens with zero attached hydrogens (tertiary/aromatic N) is 6. The Balaban J connectivity index is 1.49. The minimum Gasteiger partial charge on any atom is -0.368 e. The number of nitrogens with two attached hydrogens (primary N) is 1. The lowest BCUT2D eigenvalue weighted by Crippen LogP contribution is -2.44. The summed E-state index contributed by atoms with van der Waals surface area (Å²) in [5.41, 5.74) is 9.85. The second-order valence-corrected chi connectivity index (χ2v) is 8.66. The second kappa shape index (κ2) is 8.72. The highest BCUT2D eigenvalue weighted by Gasteiger charge is 2.17. The molecule has 1 aliphatic heterocycles. The first-order chi connectivity index (χ1) is 15.6. The van der Waals surface area contributed by atoms with E-state index in [0.717, 1.165) is 59.7 Å². The van der Waals surface area contributed by atoms with E-state index in [1.807, 2.05) is 52.6 Å². The van der Waals surface area contributed by atoms with Gasteiger partial charge in [-0.3, -0.25) is 3.93 Å². The van der Waals surface area contributed by atoms with Crippen molar-refractivity contribution in [3.05, 3.63) is 66.9 Å². The first kappa shape index (κ1) is 20.7. The molecule has 1 saturated heterocycles. The molecule has 2 aromatic carbocycles. The number of rotatable bonds is 4. The van der Waals surface area contributed by atoms with E-state index in [-0.39, 0.29) is 5.95 Å². The van der Waals surface area contributed by atoms with E-state index in [4.69, 9.17) is 10.7 Å². The zero-order valence-electron chi connectivity index (χ0n) is 17.8. The number of anilines is 4. The van der Waals surface area contributed by atoms with Gasteiger partial charge < -0.3 is 15.5 Å². The topological polar surface area (TPSA) is 74.4 Å². The van der Waals surface area contributed by atoms with Crippen LogP contribution in [0.2, 0.25) is 0 Å². The summed E-state index contributed by atoms with van der Waals surface area (Å²) >= 11 is 3.65. The number of pyridine rings is 1. The maximum Gasteiger partial charge on any atom is 0.222 e. The Kier molecular flexibility index (Phi) is 5.63. The number of nitrogen functional groups attached to an aromatic ring is 1. The molecule has 3 heterocycles. The third-order valence-corrected chi connectivity index (χ3v) is 6.52. The van der Waals surface area contributed by atoms with Gasteiger partial charge >= 0.3 is 0 Å².